The number of pyridine rings is 1. The van der Waals surface area contributed by atoms with E-state index in [1.807, 2.05) is 20.8 Å². The molecule has 9 heteroatoms. The summed E-state index contributed by atoms with van der Waals surface area (Å²) in [6, 6.07) is 6.52. The SMILES string of the molecule is CC(C)(C)NC(=O)c1cccnc1CC(O)C(Cc1ccc(Cl)cc1F)NC(=O)OC(C)(C)C. The van der Waals surface area contributed by atoms with E-state index in [1.165, 1.54) is 24.4 Å². The van der Waals surface area contributed by atoms with Gasteiger partial charge in [-0.05, 0) is 77.8 Å². The van der Waals surface area contributed by atoms with E-state index in [1.54, 1.807) is 32.9 Å². The highest BCUT2D eigenvalue weighted by atomic mass is 35.5. The van der Waals surface area contributed by atoms with E-state index in [0.29, 0.717) is 11.3 Å². The quantitative estimate of drug-likeness (QED) is 0.529. The summed E-state index contributed by atoms with van der Waals surface area (Å²) in [5.41, 5.74) is -0.300. The molecule has 0 aliphatic heterocycles. The number of carbonyl (C=O) groups excluding carboxylic acids is 2. The summed E-state index contributed by atoms with van der Waals surface area (Å²) < 4.78 is 19.8. The lowest BCUT2D eigenvalue weighted by atomic mass is 9.96. The topological polar surface area (TPSA) is 101 Å². The van der Waals surface area contributed by atoms with Crippen LogP contribution in [0.3, 0.4) is 0 Å². The Hall–Kier alpha value is -2.71. The zero-order chi connectivity index (χ0) is 25.7. The van der Waals surface area contributed by atoms with Gasteiger partial charge in [0.05, 0.1) is 23.4 Å². The molecule has 0 aliphatic carbocycles. The Labute approximate surface area is 205 Å². The number of aliphatic hydroxyl groups is 1. The summed E-state index contributed by atoms with van der Waals surface area (Å²) >= 11 is 5.85. The molecule has 3 N–H and O–H groups in total. The number of benzene rings is 1. The Balaban J connectivity index is 2.30. The van der Waals surface area contributed by atoms with Crippen LogP contribution in [0, 0.1) is 5.82 Å². The highest BCUT2D eigenvalue weighted by Gasteiger charge is 2.28. The van der Waals surface area contributed by atoms with Crippen LogP contribution in [0.25, 0.3) is 0 Å². The van der Waals surface area contributed by atoms with Crippen molar-refractivity contribution in [2.45, 2.75) is 77.7 Å². The smallest absolute Gasteiger partial charge is 0.407 e. The number of aliphatic hydroxyl groups excluding tert-OH is 1. The van der Waals surface area contributed by atoms with Crippen molar-refractivity contribution >= 4 is 23.6 Å². The average Bonchev–Trinajstić information content (AvgIpc) is 2.67. The predicted molar refractivity (Wildman–Crippen MR) is 129 cm³/mol. The van der Waals surface area contributed by atoms with Gasteiger partial charge in [-0.1, -0.05) is 17.7 Å². The van der Waals surface area contributed by atoms with Crippen LogP contribution in [0.1, 0.15) is 63.2 Å². The largest absolute Gasteiger partial charge is 0.444 e. The minimum Gasteiger partial charge on any atom is -0.444 e. The fourth-order valence-electron chi connectivity index (χ4n) is 3.22. The van der Waals surface area contributed by atoms with Crippen LogP contribution in [-0.4, -0.2) is 45.4 Å². The highest BCUT2D eigenvalue weighted by molar-refractivity contribution is 6.30. The number of ether oxygens (including phenoxy) is 1. The average molecular weight is 494 g/mol. The monoisotopic (exact) mass is 493 g/mol. The molecule has 0 fully saturated rings. The van der Waals surface area contributed by atoms with Gasteiger partial charge in [0, 0.05) is 23.2 Å². The van der Waals surface area contributed by atoms with Gasteiger partial charge in [-0.25, -0.2) is 9.18 Å². The number of halogens is 2. The van der Waals surface area contributed by atoms with Gasteiger partial charge in [-0.3, -0.25) is 9.78 Å². The number of nitrogens with zero attached hydrogens (tertiary/aromatic N) is 1. The van der Waals surface area contributed by atoms with Crippen LogP contribution in [0.2, 0.25) is 5.02 Å². The van der Waals surface area contributed by atoms with Crippen LogP contribution in [0.4, 0.5) is 9.18 Å². The first-order valence-electron chi connectivity index (χ1n) is 11.0. The molecule has 1 aromatic carbocycles. The second-order valence-corrected chi connectivity index (χ2v) is 10.6. The normalized spacial score (nSPS) is 13.7. The molecular formula is C25H33ClFN3O4. The summed E-state index contributed by atoms with van der Waals surface area (Å²) in [5.74, 6) is -0.887. The third-order valence-electron chi connectivity index (χ3n) is 4.65. The number of alkyl carbamates (subject to hydrolysis) is 1. The van der Waals surface area contributed by atoms with E-state index >= 15 is 0 Å². The number of rotatable bonds is 7. The molecule has 0 saturated heterocycles. The van der Waals surface area contributed by atoms with E-state index in [2.05, 4.69) is 15.6 Å². The molecule has 0 spiro atoms. The van der Waals surface area contributed by atoms with Crippen molar-refractivity contribution in [2.24, 2.45) is 0 Å². The number of nitrogens with one attached hydrogen (secondary N) is 2. The van der Waals surface area contributed by atoms with E-state index in [4.69, 9.17) is 16.3 Å². The zero-order valence-electron chi connectivity index (χ0n) is 20.4. The molecule has 2 atom stereocenters. The molecule has 0 radical (unpaired) electrons. The van der Waals surface area contributed by atoms with Crippen molar-refractivity contribution in [1.82, 2.24) is 15.6 Å². The first-order valence-corrected chi connectivity index (χ1v) is 11.4. The summed E-state index contributed by atoms with van der Waals surface area (Å²) in [5, 5.41) is 16.8. The van der Waals surface area contributed by atoms with Crippen molar-refractivity contribution in [2.75, 3.05) is 0 Å². The molecule has 1 heterocycles. The van der Waals surface area contributed by atoms with Crippen LogP contribution in [0.15, 0.2) is 36.5 Å². The molecule has 7 nitrogen and oxygen atoms in total. The van der Waals surface area contributed by atoms with Crippen LogP contribution >= 0.6 is 11.6 Å². The minimum absolute atomic E-state index is 0.0280. The summed E-state index contributed by atoms with van der Waals surface area (Å²) in [4.78, 5) is 29.5. The second kappa shape index (κ2) is 11.1. The second-order valence-electron chi connectivity index (χ2n) is 10.2. The first kappa shape index (κ1) is 27.5. The number of hydrogen-bond donors (Lipinski definition) is 3. The summed E-state index contributed by atoms with van der Waals surface area (Å²) in [6.07, 6.45) is -0.509. The van der Waals surface area contributed by atoms with E-state index in [9.17, 15) is 19.1 Å². The highest BCUT2D eigenvalue weighted by Crippen LogP contribution is 2.19. The molecule has 0 bridgehead atoms. The first-order chi connectivity index (χ1) is 15.6. The van der Waals surface area contributed by atoms with Gasteiger partial charge in [0.15, 0.2) is 0 Å². The number of aromatic nitrogens is 1. The van der Waals surface area contributed by atoms with Gasteiger partial charge in [-0.15, -0.1) is 0 Å². The maximum Gasteiger partial charge on any atom is 0.407 e. The van der Waals surface area contributed by atoms with Gasteiger partial charge >= 0.3 is 6.09 Å². The van der Waals surface area contributed by atoms with Crippen molar-refractivity contribution in [3.63, 3.8) is 0 Å². The lowest BCUT2D eigenvalue weighted by Crippen LogP contribution is -2.48. The Morgan fingerprint density at radius 1 is 1.15 bits per heavy atom. The molecule has 2 unspecified atom stereocenters. The molecular weight excluding hydrogens is 461 g/mol. The van der Waals surface area contributed by atoms with Gasteiger partial charge in [-0.2, -0.15) is 0 Å². The fourth-order valence-corrected chi connectivity index (χ4v) is 3.38. The molecule has 2 aromatic rings. The fraction of sp³-hybridized carbons (Fsp3) is 0.480. The number of hydrogen-bond acceptors (Lipinski definition) is 5. The Kier molecular flexibility index (Phi) is 9.02. The van der Waals surface area contributed by atoms with Crippen molar-refractivity contribution in [1.29, 1.82) is 0 Å². The Bertz CT molecular complexity index is 1020. The summed E-state index contributed by atoms with van der Waals surface area (Å²) in [6.45, 7) is 10.7. The standard InChI is InChI=1S/C25H33ClFN3O4/c1-24(2,3)30-22(32)17-8-7-11-28-19(17)14-21(31)20(29-23(33)34-25(4,5)6)12-15-9-10-16(26)13-18(15)27/h7-11,13,20-21,31H,12,14H2,1-6H3,(H,29,33)(H,30,32). The van der Waals surface area contributed by atoms with Gasteiger partial charge in [0.25, 0.3) is 5.91 Å². The Morgan fingerprint density at radius 3 is 2.41 bits per heavy atom. The van der Waals surface area contributed by atoms with Gasteiger partial charge in [0.1, 0.15) is 11.4 Å². The maximum atomic E-state index is 14.5. The van der Waals surface area contributed by atoms with Crippen molar-refractivity contribution in [3.8, 4) is 0 Å². The van der Waals surface area contributed by atoms with Crippen LogP contribution in [-0.2, 0) is 17.6 Å². The lowest BCUT2D eigenvalue weighted by molar-refractivity contribution is 0.0420. The van der Waals surface area contributed by atoms with Crippen LogP contribution < -0.4 is 10.6 Å². The maximum absolute atomic E-state index is 14.5. The van der Waals surface area contributed by atoms with E-state index in [0.717, 1.165) is 0 Å². The molecule has 2 amide bonds. The lowest BCUT2D eigenvalue weighted by Gasteiger charge is -2.27. The van der Waals surface area contributed by atoms with Crippen LogP contribution in [0.5, 0.6) is 0 Å². The van der Waals surface area contributed by atoms with E-state index in [-0.39, 0.29) is 29.3 Å². The molecule has 0 aliphatic rings. The zero-order valence-corrected chi connectivity index (χ0v) is 21.2. The number of carbonyl (C=O) groups is 2. The molecule has 0 saturated carbocycles. The third kappa shape index (κ3) is 8.91. The third-order valence-corrected chi connectivity index (χ3v) is 4.88. The minimum atomic E-state index is -1.20. The molecule has 34 heavy (non-hydrogen) atoms. The van der Waals surface area contributed by atoms with E-state index < -0.39 is 35.2 Å². The number of amides is 2. The predicted octanol–water partition coefficient (Wildman–Crippen LogP) is 4.44. The van der Waals surface area contributed by atoms with Gasteiger partial charge in [0.2, 0.25) is 0 Å². The molecule has 1 aromatic heterocycles. The Morgan fingerprint density at radius 2 is 1.82 bits per heavy atom. The van der Waals surface area contributed by atoms with Crippen molar-refractivity contribution in [3.05, 3.63) is 64.2 Å². The molecule has 2 rings (SSSR count). The summed E-state index contributed by atoms with van der Waals surface area (Å²) in [7, 11) is 0. The van der Waals surface area contributed by atoms with Gasteiger partial charge < -0.3 is 20.5 Å². The van der Waals surface area contributed by atoms with Crippen molar-refractivity contribution < 1.29 is 23.8 Å². The molecule has 186 valence electrons.